The fourth-order valence-corrected chi connectivity index (χ4v) is 6.53. The van der Waals surface area contributed by atoms with Crippen LogP contribution in [0.4, 0.5) is 0 Å². The summed E-state index contributed by atoms with van der Waals surface area (Å²) in [6.07, 6.45) is 52.0. The van der Waals surface area contributed by atoms with Crippen LogP contribution in [-0.4, -0.2) is 64.9 Å². The van der Waals surface area contributed by atoms with Gasteiger partial charge in [-0.2, -0.15) is 0 Å². The zero-order valence-electron chi connectivity index (χ0n) is 37.0. The second-order valence-electron chi connectivity index (χ2n) is 14.9. The van der Waals surface area contributed by atoms with E-state index >= 15 is 0 Å². The third-order valence-corrected chi connectivity index (χ3v) is 10.2. The lowest BCUT2D eigenvalue weighted by molar-refractivity contribution is -0.146. The standard InChI is InChI=1S/C48H80NO10P/c1-3-5-7-9-11-13-15-17-19-20-21-22-23-24-26-28-30-32-34-36-38-40-47(52)57-41-44(50)42-58-60(55,56)59-43-45(48(53)54)49-46(51)39-37-35-33-31-29-27-25-18-16-14-12-10-8-6-4-2/h5,7,11,13,17,19,21-22,24,26,30,32,36,38,44-45,50H,3-4,6,8-10,12,14-16,18,20,23,25,27-29,31,33-35,37,39-43H2,1-2H3,(H,49,51)(H,53,54)(H,55,56)/b7-5-,13-11-,19-17-,22-21-,26-24-,32-30-,38-36-. The maximum absolute atomic E-state index is 12.3. The molecule has 3 unspecified atom stereocenters. The van der Waals surface area contributed by atoms with E-state index in [1.807, 2.05) is 18.2 Å². The molecule has 12 heteroatoms. The fourth-order valence-electron chi connectivity index (χ4n) is 5.75. The second kappa shape index (κ2) is 42.4. The van der Waals surface area contributed by atoms with E-state index in [1.165, 1.54) is 70.6 Å². The highest BCUT2D eigenvalue weighted by Gasteiger charge is 2.28. The summed E-state index contributed by atoms with van der Waals surface area (Å²) in [5.74, 6) is -2.52. The molecular weight excluding hydrogens is 781 g/mol. The van der Waals surface area contributed by atoms with E-state index in [0.717, 1.165) is 57.8 Å². The molecule has 60 heavy (non-hydrogen) atoms. The Kier molecular flexibility index (Phi) is 40.0. The lowest BCUT2D eigenvalue weighted by atomic mass is 10.0. The van der Waals surface area contributed by atoms with Gasteiger partial charge in [-0.25, -0.2) is 9.36 Å². The molecule has 0 saturated heterocycles. The number of hydrogen-bond acceptors (Lipinski definition) is 8. The largest absolute Gasteiger partial charge is 0.480 e. The third-order valence-electron chi connectivity index (χ3n) is 9.23. The number of carbonyl (C=O) groups is 3. The predicted octanol–water partition coefficient (Wildman–Crippen LogP) is 11.9. The summed E-state index contributed by atoms with van der Waals surface area (Å²) in [6, 6.07) is -1.56. The normalized spacial score (nSPS) is 14.5. The smallest absolute Gasteiger partial charge is 0.472 e. The Morgan fingerprint density at radius 3 is 1.35 bits per heavy atom. The van der Waals surface area contributed by atoms with Crippen LogP contribution in [0, 0.1) is 0 Å². The highest BCUT2D eigenvalue weighted by Crippen LogP contribution is 2.43. The molecule has 0 heterocycles. The van der Waals surface area contributed by atoms with Crippen molar-refractivity contribution in [3.05, 3.63) is 85.1 Å². The number of unbranched alkanes of at least 4 members (excludes halogenated alkanes) is 14. The Balaban J connectivity index is 4.02. The summed E-state index contributed by atoms with van der Waals surface area (Å²) in [7, 11) is -4.78. The van der Waals surface area contributed by atoms with E-state index in [4.69, 9.17) is 13.8 Å². The molecule has 0 rings (SSSR count). The van der Waals surface area contributed by atoms with Gasteiger partial charge in [-0.3, -0.25) is 18.6 Å². The van der Waals surface area contributed by atoms with Crippen molar-refractivity contribution in [3.63, 3.8) is 0 Å². The second-order valence-corrected chi connectivity index (χ2v) is 16.3. The highest BCUT2D eigenvalue weighted by molar-refractivity contribution is 7.47. The number of amides is 1. The molecule has 1 amide bonds. The summed E-state index contributed by atoms with van der Waals surface area (Å²) >= 11 is 0. The first kappa shape index (κ1) is 56.7. The molecule has 0 bridgehead atoms. The summed E-state index contributed by atoms with van der Waals surface area (Å²) in [5, 5.41) is 21.8. The molecule has 11 nitrogen and oxygen atoms in total. The molecule has 0 aliphatic heterocycles. The Hall–Kier alpha value is -3.34. The van der Waals surface area contributed by atoms with Crippen LogP contribution in [-0.2, 0) is 32.7 Å². The number of carbonyl (C=O) groups excluding carboxylic acids is 2. The van der Waals surface area contributed by atoms with Crippen LogP contribution >= 0.6 is 7.82 Å². The molecular formula is C48H80NO10P. The number of aliphatic hydroxyl groups is 1. The zero-order chi connectivity index (χ0) is 44.2. The highest BCUT2D eigenvalue weighted by atomic mass is 31.2. The molecule has 4 N–H and O–H groups in total. The van der Waals surface area contributed by atoms with E-state index in [-0.39, 0.29) is 12.8 Å². The molecule has 0 spiro atoms. The number of phosphoric acid groups is 1. The zero-order valence-corrected chi connectivity index (χ0v) is 37.9. The number of hydrogen-bond donors (Lipinski definition) is 4. The minimum Gasteiger partial charge on any atom is -0.480 e. The molecule has 0 aliphatic rings. The van der Waals surface area contributed by atoms with Gasteiger partial charge in [0.1, 0.15) is 12.7 Å². The van der Waals surface area contributed by atoms with Crippen LogP contribution in [0.3, 0.4) is 0 Å². The quantitative estimate of drug-likeness (QED) is 0.0201. The SMILES string of the molecule is CC/C=C\C/C=C\C/C=C\C/C=C\C/C=C\C/C=C\C/C=C\CC(=O)OCC(O)COP(=O)(O)OCC(NC(=O)CCCCCCCCCCCCCCCCC)C(=O)O. The van der Waals surface area contributed by atoms with Gasteiger partial charge in [-0.05, 0) is 51.4 Å². The fraction of sp³-hybridized carbons (Fsp3) is 0.646. The number of rotatable bonds is 41. The lowest BCUT2D eigenvalue weighted by Crippen LogP contribution is -2.43. The van der Waals surface area contributed by atoms with Gasteiger partial charge in [0.2, 0.25) is 5.91 Å². The van der Waals surface area contributed by atoms with Crippen LogP contribution in [0.1, 0.15) is 168 Å². The Morgan fingerprint density at radius 1 is 0.550 bits per heavy atom. The Bertz CT molecular complexity index is 1340. The van der Waals surface area contributed by atoms with Crippen molar-refractivity contribution in [2.24, 2.45) is 0 Å². The van der Waals surface area contributed by atoms with E-state index in [9.17, 15) is 34.1 Å². The van der Waals surface area contributed by atoms with Crippen molar-refractivity contribution in [2.75, 3.05) is 19.8 Å². The number of carboxylic acids is 1. The van der Waals surface area contributed by atoms with Crippen LogP contribution in [0.2, 0.25) is 0 Å². The lowest BCUT2D eigenvalue weighted by Gasteiger charge is -2.18. The van der Waals surface area contributed by atoms with E-state index in [1.54, 1.807) is 6.08 Å². The number of aliphatic hydroxyl groups excluding tert-OH is 1. The van der Waals surface area contributed by atoms with E-state index in [0.29, 0.717) is 12.8 Å². The first-order valence-electron chi connectivity index (χ1n) is 22.6. The Labute approximate surface area is 362 Å². The number of esters is 1. The van der Waals surface area contributed by atoms with Gasteiger partial charge in [0.05, 0.1) is 19.6 Å². The molecule has 3 atom stereocenters. The summed E-state index contributed by atoms with van der Waals surface area (Å²) < 4.78 is 26.7. The van der Waals surface area contributed by atoms with Crippen molar-refractivity contribution in [3.8, 4) is 0 Å². The van der Waals surface area contributed by atoms with Crippen LogP contribution < -0.4 is 5.32 Å². The maximum atomic E-state index is 12.3. The summed E-state index contributed by atoms with van der Waals surface area (Å²) in [5.41, 5.74) is 0. The number of nitrogens with one attached hydrogen (secondary N) is 1. The molecule has 0 aromatic rings. The van der Waals surface area contributed by atoms with Crippen molar-refractivity contribution in [1.82, 2.24) is 5.32 Å². The number of ether oxygens (including phenoxy) is 1. The van der Waals surface area contributed by atoms with E-state index in [2.05, 4.69) is 79.9 Å². The Morgan fingerprint density at radius 2 is 0.933 bits per heavy atom. The van der Waals surface area contributed by atoms with Gasteiger partial charge in [0.25, 0.3) is 0 Å². The maximum Gasteiger partial charge on any atom is 0.472 e. The average molecular weight is 862 g/mol. The number of aliphatic carboxylic acids is 1. The third kappa shape index (κ3) is 41.4. The van der Waals surface area contributed by atoms with Crippen LogP contribution in [0.25, 0.3) is 0 Å². The van der Waals surface area contributed by atoms with Gasteiger partial charge in [-0.15, -0.1) is 0 Å². The minimum atomic E-state index is -4.78. The molecule has 0 aromatic carbocycles. The molecule has 0 aromatic heterocycles. The van der Waals surface area contributed by atoms with Gasteiger partial charge < -0.3 is 25.2 Å². The molecule has 0 aliphatic carbocycles. The molecule has 0 fully saturated rings. The molecule has 0 radical (unpaired) electrons. The van der Waals surface area contributed by atoms with Crippen molar-refractivity contribution >= 4 is 25.7 Å². The predicted molar refractivity (Wildman–Crippen MR) is 244 cm³/mol. The summed E-state index contributed by atoms with van der Waals surface area (Å²) in [6.45, 7) is 2.37. The van der Waals surface area contributed by atoms with Crippen LogP contribution in [0.5, 0.6) is 0 Å². The average Bonchev–Trinajstić information content (AvgIpc) is 3.22. The summed E-state index contributed by atoms with van der Waals surface area (Å²) in [4.78, 5) is 45.9. The number of allylic oxidation sites excluding steroid dienone is 13. The van der Waals surface area contributed by atoms with Gasteiger partial charge in [0.15, 0.2) is 6.04 Å². The van der Waals surface area contributed by atoms with Gasteiger partial charge >= 0.3 is 19.8 Å². The molecule has 0 saturated carbocycles. The topological polar surface area (TPSA) is 169 Å². The van der Waals surface area contributed by atoms with Crippen molar-refractivity contribution in [1.29, 1.82) is 0 Å². The number of carboxylic acid groups (broad SMARTS) is 1. The van der Waals surface area contributed by atoms with Gasteiger partial charge in [0, 0.05) is 6.42 Å². The minimum absolute atomic E-state index is 0.0144. The number of phosphoric ester groups is 1. The van der Waals surface area contributed by atoms with Gasteiger partial charge in [-0.1, -0.05) is 189 Å². The van der Waals surface area contributed by atoms with Crippen molar-refractivity contribution in [2.45, 2.75) is 180 Å². The van der Waals surface area contributed by atoms with Crippen LogP contribution in [0.15, 0.2) is 85.1 Å². The first-order valence-corrected chi connectivity index (χ1v) is 24.1. The monoisotopic (exact) mass is 862 g/mol. The first-order chi connectivity index (χ1) is 29.1. The van der Waals surface area contributed by atoms with Crippen molar-refractivity contribution < 1.29 is 47.8 Å². The molecule has 342 valence electrons. The van der Waals surface area contributed by atoms with E-state index < -0.39 is 57.6 Å².